The van der Waals surface area contributed by atoms with Gasteiger partial charge in [0.2, 0.25) is 0 Å². The van der Waals surface area contributed by atoms with Gasteiger partial charge in [-0.2, -0.15) is 0 Å². The molecule has 0 aliphatic rings. The number of carbonyl (C=O) groups is 1. The number of ketones is 1. The number of aromatic nitrogens is 1. The number of pyridine rings is 1. The van der Waals surface area contributed by atoms with Crippen LogP contribution in [0, 0.1) is 0 Å². The first-order valence-corrected chi connectivity index (χ1v) is 5.64. The average Bonchev–Trinajstić information content (AvgIpc) is 2.40. The quantitative estimate of drug-likeness (QED) is 0.634. The van der Waals surface area contributed by atoms with E-state index >= 15 is 0 Å². The fourth-order valence-electron chi connectivity index (χ4n) is 1.74. The van der Waals surface area contributed by atoms with E-state index in [0.29, 0.717) is 16.8 Å². The summed E-state index contributed by atoms with van der Waals surface area (Å²) in [6.07, 6.45) is 2.35. The highest BCUT2D eigenvalue weighted by Crippen LogP contribution is 2.20. The van der Waals surface area contributed by atoms with Crippen molar-refractivity contribution in [2.45, 2.75) is 12.5 Å². The van der Waals surface area contributed by atoms with Crippen molar-refractivity contribution >= 4 is 11.5 Å². The number of Topliss-reactive ketones (excluding diaryl/α,β-unsaturated/α-hetero) is 1. The van der Waals surface area contributed by atoms with Crippen LogP contribution in [-0.4, -0.2) is 15.9 Å². The predicted octanol–water partition coefficient (Wildman–Crippen LogP) is 1.97. The summed E-state index contributed by atoms with van der Waals surface area (Å²) in [5.41, 5.74) is 7.28. The van der Waals surface area contributed by atoms with Crippen LogP contribution in [0.3, 0.4) is 0 Å². The highest BCUT2D eigenvalue weighted by Gasteiger charge is 2.15. The molecule has 0 saturated heterocycles. The minimum Gasteiger partial charge on any atom is -0.398 e. The van der Waals surface area contributed by atoms with E-state index < -0.39 is 6.10 Å². The number of nitrogen functional groups attached to an aromatic ring is 1. The number of nitrogens with two attached hydrogens (primary N) is 1. The van der Waals surface area contributed by atoms with Gasteiger partial charge in [-0.3, -0.25) is 9.78 Å². The smallest absolute Gasteiger partial charge is 0.167 e. The molecule has 0 bridgehead atoms. The third kappa shape index (κ3) is 2.73. The van der Waals surface area contributed by atoms with Crippen molar-refractivity contribution in [3.63, 3.8) is 0 Å². The molecule has 0 fully saturated rings. The summed E-state index contributed by atoms with van der Waals surface area (Å²) < 4.78 is 0. The molecule has 1 aromatic carbocycles. The van der Waals surface area contributed by atoms with Crippen molar-refractivity contribution in [1.82, 2.24) is 4.98 Å². The lowest BCUT2D eigenvalue weighted by atomic mass is 10.00. The second-order valence-electron chi connectivity index (χ2n) is 4.01. The molecular formula is C14H14N2O2. The summed E-state index contributed by atoms with van der Waals surface area (Å²) in [5, 5.41) is 9.95. The lowest BCUT2D eigenvalue weighted by molar-refractivity contribution is 0.0881. The maximum Gasteiger partial charge on any atom is 0.167 e. The van der Waals surface area contributed by atoms with Gasteiger partial charge in [0.1, 0.15) is 0 Å². The Morgan fingerprint density at radius 1 is 1.22 bits per heavy atom. The van der Waals surface area contributed by atoms with Gasteiger partial charge in [0.15, 0.2) is 5.78 Å². The van der Waals surface area contributed by atoms with Crippen LogP contribution in [0.4, 0.5) is 5.69 Å². The first kappa shape index (κ1) is 12.3. The van der Waals surface area contributed by atoms with Crippen LogP contribution in [0.15, 0.2) is 48.8 Å². The van der Waals surface area contributed by atoms with Crippen LogP contribution in [-0.2, 0) is 0 Å². The van der Waals surface area contributed by atoms with Gasteiger partial charge < -0.3 is 10.8 Å². The number of hydrogen-bond acceptors (Lipinski definition) is 4. The number of benzene rings is 1. The molecule has 0 aliphatic heterocycles. The van der Waals surface area contributed by atoms with Gasteiger partial charge >= 0.3 is 0 Å². The van der Waals surface area contributed by atoms with Gasteiger partial charge in [-0.05, 0) is 29.8 Å². The third-order valence-electron chi connectivity index (χ3n) is 2.73. The first-order valence-electron chi connectivity index (χ1n) is 5.64. The van der Waals surface area contributed by atoms with E-state index in [9.17, 15) is 9.90 Å². The Kier molecular flexibility index (Phi) is 3.69. The van der Waals surface area contributed by atoms with Crippen LogP contribution < -0.4 is 5.73 Å². The van der Waals surface area contributed by atoms with E-state index in [0.717, 1.165) is 0 Å². The number of carbonyl (C=O) groups excluding carboxylic acids is 1. The standard InChI is InChI=1S/C14H14N2O2/c15-12-4-2-1-3-11(12)14(18)9-13(17)10-5-7-16-8-6-10/h1-8,13,17H,9,15H2. The van der Waals surface area contributed by atoms with Gasteiger partial charge in [-0.1, -0.05) is 12.1 Å². The fourth-order valence-corrected chi connectivity index (χ4v) is 1.74. The number of para-hydroxylation sites is 1. The topological polar surface area (TPSA) is 76.2 Å². The first-order chi connectivity index (χ1) is 8.68. The highest BCUT2D eigenvalue weighted by atomic mass is 16.3. The Labute approximate surface area is 105 Å². The second-order valence-corrected chi connectivity index (χ2v) is 4.01. The summed E-state index contributed by atoms with van der Waals surface area (Å²) in [6, 6.07) is 10.2. The van der Waals surface area contributed by atoms with Crippen LogP contribution in [0.2, 0.25) is 0 Å². The number of hydrogen-bond donors (Lipinski definition) is 2. The number of aliphatic hydroxyl groups excluding tert-OH is 1. The lowest BCUT2D eigenvalue weighted by Crippen LogP contribution is -2.09. The van der Waals surface area contributed by atoms with Crippen LogP contribution in [0.5, 0.6) is 0 Å². The number of anilines is 1. The summed E-state index contributed by atoms with van der Waals surface area (Å²) >= 11 is 0. The molecule has 4 heteroatoms. The van der Waals surface area contributed by atoms with Gasteiger partial charge in [0, 0.05) is 30.1 Å². The summed E-state index contributed by atoms with van der Waals surface area (Å²) in [4.78, 5) is 15.9. The lowest BCUT2D eigenvalue weighted by Gasteiger charge is -2.10. The Morgan fingerprint density at radius 3 is 2.56 bits per heavy atom. The zero-order valence-electron chi connectivity index (χ0n) is 9.78. The molecule has 2 aromatic rings. The molecule has 0 radical (unpaired) electrons. The van der Waals surface area contributed by atoms with Gasteiger partial charge in [0.05, 0.1) is 6.10 Å². The second kappa shape index (κ2) is 5.42. The third-order valence-corrected chi connectivity index (χ3v) is 2.73. The predicted molar refractivity (Wildman–Crippen MR) is 69.0 cm³/mol. The van der Waals surface area contributed by atoms with Gasteiger partial charge in [-0.15, -0.1) is 0 Å². The monoisotopic (exact) mass is 242 g/mol. The number of aliphatic hydroxyl groups is 1. The normalized spacial score (nSPS) is 12.1. The Bertz CT molecular complexity index is 541. The van der Waals surface area contributed by atoms with E-state index in [4.69, 9.17) is 5.73 Å². The van der Waals surface area contributed by atoms with Crippen LogP contribution in [0.25, 0.3) is 0 Å². The minimum absolute atomic E-state index is 0.0121. The van der Waals surface area contributed by atoms with E-state index in [1.807, 2.05) is 0 Å². The van der Waals surface area contributed by atoms with Crippen molar-refractivity contribution < 1.29 is 9.90 Å². The molecule has 92 valence electrons. The maximum atomic E-state index is 12.0. The molecule has 1 unspecified atom stereocenters. The molecule has 0 aliphatic carbocycles. The summed E-state index contributed by atoms with van der Waals surface area (Å²) in [5.74, 6) is -0.169. The molecule has 3 N–H and O–H groups in total. The van der Waals surface area contributed by atoms with E-state index in [1.165, 1.54) is 0 Å². The molecule has 0 spiro atoms. The molecule has 18 heavy (non-hydrogen) atoms. The van der Waals surface area contributed by atoms with Gasteiger partial charge in [0.25, 0.3) is 0 Å². The molecule has 1 atom stereocenters. The zero-order chi connectivity index (χ0) is 13.0. The fraction of sp³-hybridized carbons (Fsp3) is 0.143. The number of nitrogens with zero attached hydrogens (tertiary/aromatic N) is 1. The van der Waals surface area contributed by atoms with Crippen molar-refractivity contribution in [2.75, 3.05) is 5.73 Å². The molecule has 4 nitrogen and oxygen atoms in total. The molecular weight excluding hydrogens is 228 g/mol. The minimum atomic E-state index is -0.833. The van der Waals surface area contributed by atoms with Crippen molar-refractivity contribution in [3.05, 3.63) is 59.9 Å². The molecule has 0 saturated carbocycles. The summed E-state index contributed by atoms with van der Waals surface area (Å²) in [7, 11) is 0. The Morgan fingerprint density at radius 2 is 1.89 bits per heavy atom. The molecule has 2 rings (SSSR count). The Hall–Kier alpha value is -2.20. The maximum absolute atomic E-state index is 12.0. The van der Waals surface area contributed by atoms with E-state index in [-0.39, 0.29) is 12.2 Å². The molecule has 1 aromatic heterocycles. The zero-order valence-corrected chi connectivity index (χ0v) is 9.78. The van der Waals surface area contributed by atoms with Crippen molar-refractivity contribution in [1.29, 1.82) is 0 Å². The molecule has 1 heterocycles. The van der Waals surface area contributed by atoms with E-state index in [2.05, 4.69) is 4.98 Å². The van der Waals surface area contributed by atoms with E-state index in [1.54, 1.807) is 48.8 Å². The van der Waals surface area contributed by atoms with Gasteiger partial charge in [-0.25, -0.2) is 0 Å². The highest BCUT2D eigenvalue weighted by molar-refractivity contribution is 6.00. The largest absolute Gasteiger partial charge is 0.398 e. The SMILES string of the molecule is Nc1ccccc1C(=O)CC(O)c1ccncc1. The van der Waals surface area contributed by atoms with Crippen LogP contribution in [0.1, 0.15) is 28.4 Å². The average molecular weight is 242 g/mol. The number of rotatable bonds is 4. The van der Waals surface area contributed by atoms with Crippen molar-refractivity contribution in [3.8, 4) is 0 Å². The Balaban J connectivity index is 2.11. The van der Waals surface area contributed by atoms with Crippen LogP contribution >= 0.6 is 0 Å². The molecule has 0 amide bonds. The van der Waals surface area contributed by atoms with Crippen molar-refractivity contribution in [2.24, 2.45) is 0 Å². The summed E-state index contributed by atoms with van der Waals surface area (Å²) in [6.45, 7) is 0.